The maximum atomic E-state index is 4.25. The smallest absolute Gasteiger partial charge is 0.0300 e. The van der Waals surface area contributed by atoms with Crippen molar-refractivity contribution in [1.29, 1.82) is 0 Å². The van der Waals surface area contributed by atoms with E-state index in [1.54, 1.807) is 11.3 Å². The van der Waals surface area contributed by atoms with Crippen LogP contribution in [0, 0.1) is 0 Å². The lowest BCUT2D eigenvalue weighted by Crippen LogP contribution is -2.36. The molecule has 0 saturated carbocycles. The second-order valence-electron chi connectivity index (χ2n) is 7.93. The molecule has 0 atom stereocenters. The lowest BCUT2D eigenvalue weighted by molar-refractivity contribution is 0.249. The molecule has 1 saturated heterocycles. The Hall–Kier alpha value is -1.46. The van der Waals surface area contributed by atoms with Crippen LogP contribution >= 0.6 is 11.3 Å². The molecule has 0 bridgehead atoms. The fourth-order valence-electron chi connectivity index (χ4n) is 3.18. The van der Waals surface area contributed by atoms with Crippen molar-refractivity contribution in [1.82, 2.24) is 14.7 Å². The molecular weight excluding hydrogens is 410 g/mol. The summed E-state index contributed by atoms with van der Waals surface area (Å²) in [6, 6.07) is 4.29. The minimum Gasteiger partial charge on any atom is -0.304 e. The van der Waals surface area contributed by atoms with Gasteiger partial charge >= 0.3 is 0 Å². The molecule has 182 valence electrons. The van der Waals surface area contributed by atoms with Gasteiger partial charge in [0.25, 0.3) is 0 Å². The van der Waals surface area contributed by atoms with E-state index in [1.165, 1.54) is 15.3 Å². The zero-order valence-electron chi connectivity index (χ0n) is 22.2. The Kier molecular flexibility index (Phi) is 17.2. The van der Waals surface area contributed by atoms with Crippen LogP contribution in [0.1, 0.15) is 57.7 Å². The van der Waals surface area contributed by atoms with Crippen molar-refractivity contribution < 1.29 is 0 Å². The molecule has 0 radical (unpaired) electrons. The molecule has 32 heavy (non-hydrogen) atoms. The van der Waals surface area contributed by atoms with Gasteiger partial charge in [-0.15, -0.1) is 11.3 Å². The molecule has 2 heterocycles. The Morgan fingerprint density at radius 3 is 1.94 bits per heavy atom. The third-order valence-corrected chi connectivity index (χ3v) is 6.45. The number of thiophene rings is 1. The Morgan fingerprint density at radius 1 is 0.938 bits per heavy atom. The van der Waals surface area contributed by atoms with Crippen molar-refractivity contribution in [2.24, 2.45) is 0 Å². The number of rotatable bonds is 7. The summed E-state index contributed by atoms with van der Waals surface area (Å²) in [4.78, 5) is 9.95. The van der Waals surface area contributed by atoms with Crippen molar-refractivity contribution in [2.75, 3.05) is 59.9 Å². The zero-order chi connectivity index (χ0) is 24.5. The lowest BCUT2D eigenvalue weighted by atomic mass is 10.1. The molecule has 1 aliphatic rings. The van der Waals surface area contributed by atoms with Crippen LogP contribution in [0.3, 0.4) is 0 Å². The van der Waals surface area contributed by atoms with Gasteiger partial charge in [0, 0.05) is 55.6 Å². The summed E-state index contributed by atoms with van der Waals surface area (Å²) >= 11 is 1.78. The van der Waals surface area contributed by atoms with E-state index in [9.17, 15) is 0 Å². The first-order valence-electron chi connectivity index (χ1n) is 12.3. The normalized spacial score (nSPS) is 16.8. The van der Waals surface area contributed by atoms with Crippen LogP contribution in [0.4, 0.5) is 0 Å². The second-order valence-corrected chi connectivity index (χ2v) is 9.04. The largest absolute Gasteiger partial charge is 0.304 e. The number of likely N-dealkylation sites (N-methyl/N-ethyl adjacent to an activating group) is 2. The van der Waals surface area contributed by atoms with Gasteiger partial charge in [0.15, 0.2) is 0 Å². The number of hydrogen-bond donors (Lipinski definition) is 0. The van der Waals surface area contributed by atoms with E-state index in [0.717, 1.165) is 63.4 Å². The maximum absolute atomic E-state index is 4.25. The van der Waals surface area contributed by atoms with Gasteiger partial charge in [-0.05, 0) is 56.8 Å². The maximum Gasteiger partial charge on any atom is 0.0300 e. The summed E-state index contributed by atoms with van der Waals surface area (Å²) in [7, 11) is 4.45. The van der Waals surface area contributed by atoms with E-state index in [-0.39, 0.29) is 0 Å². The highest BCUT2D eigenvalue weighted by Crippen LogP contribution is 2.24. The van der Waals surface area contributed by atoms with Crippen LogP contribution in [0.5, 0.6) is 0 Å². The van der Waals surface area contributed by atoms with Gasteiger partial charge in [0.2, 0.25) is 0 Å². The van der Waals surface area contributed by atoms with Crippen molar-refractivity contribution in [3.63, 3.8) is 0 Å². The van der Waals surface area contributed by atoms with Gasteiger partial charge in [0.05, 0.1) is 0 Å². The van der Waals surface area contributed by atoms with Crippen molar-refractivity contribution in [3.8, 4) is 0 Å². The van der Waals surface area contributed by atoms with Gasteiger partial charge in [-0.3, -0.25) is 4.90 Å². The van der Waals surface area contributed by atoms with Gasteiger partial charge in [-0.2, -0.15) is 0 Å². The molecule has 0 N–H and O–H groups in total. The number of hydrogen-bond acceptors (Lipinski definition) is 4. The molecule has 0 amide bonds. The first kappa shape index (κ1) is 30.5. The van der Waals surface area contributed by atoms with Crippen molar-refractivity contribution in [3.05, 3.63) is 58.3 Å². The quantitative estimate of drug-likeness (QED) is 0.410. The van der Waals surface area contributed by atoms with Gasteiger partial charge in [-0.1, -0.05) is 65.5 Å². The fourth-order valence-corrected chi connectivity index (χ4v) is 4.01. The van der Waals surface area contributed by atoms with Crippen LogP contribution in [0.2, 0.25) is 0 Å². The topological polar surface area (TPSA) is 9.72 Å². The van der Waals surface area contributed by atoms with Gasteiger partial charge < -0.3 is 9.80 Å². The molecule has 0 spiro atoms. The van der Waals surface area contributed by atoms with E-state index in [1.807, 2.05) is 27.7 Å². The van der Waals surface area contributed by atoms with Crippen molar-refractivity contribution in [2.45, 2.75) is 48.0 Å². The lowest BCUT2D eigenvalue weighted by Gasteiger charge is -2.25. The summed E-state index contributed by atoms with van der Waals surface area (Å²) < 4.78 is 0. The molecule has 0 aliphatic carbocycles. The van der Waals surface area contributed by atoms with Crippen LogP contribution in [-0.4, -0.2) is 74.6 Å². The Labute approximate surface area is 203 Å². The molecule has 4 heteroatoms. The molecule has 2 rings (SSSR count). The fraction of sp³-hybridized carbons (Fsp3) is 0.571. The number of allylic oxidation sites excluding steroid dienone is 4. The third-order valence-electron chi connectivity index (χ3n) is 5.24. The van der Waals surface area contributed by atoms with Crippen LogP contribution < -0.4 is 0 Å². The van der Waals surface area contributed by atoms with Crippen LogP contribution in [0.15, 0.2) is 48.6 Å². The van der Waals surface area contributed by atoms with E-state index in [0.29, 0.717) is 0 Å². The first-order chi connectivity index (χ1) is 15.4. The third kappa shape index (κ3) is 12.5. The predicted molar refractivity (Wildman–Crippen MR) is 150 cm³/mol. The Bertz CT molecular complexity index is 700. The summed E-state index contributed by atoms with van der Waals surface area (Å²) in [5.41, 5.74) is 3.64. The highest BCUT2D eigenvalue weighted by molar-refractivity contribution is 7.14. The van der Waals surface area contributed by atoms with E-state index < -0.39 is 0 Å². The highest BCUT2D eigenvalue weighted by atomic mass is 32.1. The molecule has 0 unspecified atom stereocenters. The van der Waals surface area contributed by atoms with Gasteiger partial charge in [-0.25, -0.2) is 0 Å². The summed E-state index contributed by atoms with van der Waals surface area (Å²) in [5.74, 6) is 0. The molecule has 1 aliphatic heterocycles. The molecule has 1 aromatic rings. The van der Waals surface area contributed by atoms with E-state index in [4.69, 9.17) is 0 Å². The van der Waals surface area contributed by atoms with E-state index >= 15 is 0 Å². The minimum atomic E-state index is 1.03. The molecule has 3 nitrogen and oxygen atoms in total. The predicted octanol–water partition coefficient (Wildman–Crippen LogP) is 6.92. The van der Waals surface area contributed by atoms with Gasteiger partial charge in [0.1, 0.15) is 0 Å². The standard InChI is InChI=1S/C24H37N3S.2C2H6/c1-7-22(19-27-16-14-25(5)12-13-26(6)15-17-27)18-21(4)8-9-23-10-11-24(28-23)20(2)3;2*1-2/h8-11,18H,2,4,7,12-17,19H2,1,3,5-6H3;2*1-2H3/b9-8+,22-18+;;. The van der Waals surface area contributed by atoms with E-state index in [2.05, 4.69) is 86.2 Å². The van der Waals surface area contributed by atoms with Crippen LogP contribution in [-0.2, 0) is 0 Å². The zero-order valence-corrected chi connectivity index (χ0v) is 23.0. The Balaban J connectivity index is 0.00000227. The number of nitrogens with zero attached hydrogens (tertiary/aromatic N) is 3. The monoisotopic (exact) mass is 459 g/mol. The Morgan fingerprint density at radius 2 is 1.47 bits per heavy atom. The second kappa shape index (κ2) is 18.0. The molecule has 1 fully saturated rings. The summed E-state index contributed by atoms with van der Waals surface area (Å²) in [5, 5.41) is 0. The molecular formula is C28H49N3S. The average Bonchev–Trinajstić information content (AvgIpc) is 3.31. The first-order valence-corrected chi connectivity index (χ1v) is 13.1. The molecule has 1 aromatic heterocycles. The minimum absolute atomic E-state index is 1.03. The molecule has 0 aromatic carbocycles. The van der Waals surface area contributed by atoms with Crippen LogP contribution in [0.25, 0.3) is 11.6 Å². The summed E-state index contributed by atoms with van der Waals surface area (Å²) in [6.07, 6.45) is 7.62. The highest BCUT2D eigenvalue weighted by Gasteiger charge is 2.13. The summed E-state index contributed by atoms with van der Waals surface area (Å²) in [6.45, 7) is 28.4. The average molecular weight is 460 g/mol. The SMILES string of the molecule is C=C(/C=C/c1ccc(C(=C)C)s1)/C=C(\CC)CN1CCN(C)CCN(C)CC1.CC.CC. The van der Waals surface area contributed by atoms with Crippen molar-refractivity contribution >= 4 is 23.0 Å².